The van der Waals surface area contributed by atoms with Gasteiger partial charge < -0.3 is 14.2 Å². The fourth-order valence-electron chi connectivity index (χ4n) is 3.97. The van der Waals surface area contributed by atoms with Crippen LogP contribution in [-0.4, -0.2) is 35.6 Å². The van der Waals surface area contributed by atoms with Crippen molar-refractivity contribution in [3.63, 3.8) is 0 Å². The fourth-order valence-corrected chi connectivity index (χ4v) is 3.97. The minimum Gasteiger partial charge on any atom is -0.497 e. The van der Waals surface area contributed by atoms with Crippen molar-refractivity contribution < 1.29 is 19.0 Å². The third-order valence-electron chi connectivity index (χ3n) is 5.90. The largest absolute Gasteiger partial charge is 0.497 e. The van der Waals surface area contributed by atoms with Crippen LogP contribution < -0.4 is 19.8 Å². The number of esters is 1. The van der Waals surface area contributed by atoms with Gasteiger partial charge in [0.15, 0.2) is 17.3 Å². The highest BCUT2D eigenvalue weighted by Gasteiger charge is 2.15. The predicted octanol–water partition coefficient (Wildman–Crippen LogP) is 5.57. The van der Waals surface area contributed by atoms with Crippen LogP contribution >= 0.6 is 0 Å². The number of aromatic nitrogens is 2. The molecule has 0 spiro atoms. The van der Waals surface area contributed by atoms with Gasteiger partial charge in [-0.05, 0) is 79.2 Å². The van der Waals surface area contributed by atoms with E-state index in [-0.39, 0.29) is 11.3 Å². The van der Waals surface area contributed by atoms with Crippen molar-refractivity contribution in [1.82, 2.24) is 9.66 Å². The minimum atomic E-state index is -0.490. The van der Waals surface area contributed by atoms with Gasteiger partial charge in [0.1, 0.15) is 5.75 Å². The van der Waals surface area contributed by atoms with E-state index in [1.807, 2.05) is 31.2 Å². The molecule has 194 valence electrons. The molecule has 0 aliphatic rings. The van der Waals surface area contributed by atoms with Gasteiger partial charge in [-0.2, -0.15) is 9.78 Å². The molecule has 0 saturated carbocycles. The van der Waals surface area contributed by atoms with E-state index in [4.69, 9.17) is 19.2 Å². The molecule has 0 saturated heterocycles. The summed E-state index contributed by atoms with van der Waals surface area (Å²) in [4.78, 5) is 30.7. The summed E-state index contributed by atoms with van der Waals surface area (Å²) in [5, 5.41) is 4.96. The van der Waals surface area contributed by atoms with E-state index in [0.717, 1.165) is 0 Å². The molecular formula is C31H25N3O5. The summed E-state index contributed by atoms with van der Waals surface area (Å²) in [5.74, 6) is 1.25. The van der Waals surface area contributed by atoms with Gasteiger partial charge in [0.05, 0.1) is 36.4 Å². The molecule has 0 fully saturated rings. The molecule has 0 aliphatic carbocycles. The third-order valence-corrected chi connectivity index (χ3v) is 5.90. The Morgan fingerprint density at radius 2 is 1.67 bits per heavy atom. The monoisotopic (exact) mass is 519 g/mol. The van der Waals surface area contributed by atoms with Crippen LogP contribution in [0, 0.1) is 0 Å². The molecule has 39 heavy (non-hydrogen) atoms. The molecule has 8 nitrogen and oxygen atoms in total. The summed E-state index contributed by atoms with van der Waals surface area (Å²) >= 11 is 0. The van der Waals surface area contributed by atoms with Gasteiger partial charge in [-0.15, -0.1) is 0 Å². The molecule has 5 aromatic rings. The first kappa shape index (κ1) is 25.4. The highest BCUT2D eigenvalue weighted by Crippen LogP contribution is 2.29. The van der Waals surface area contributed by atoms with Gasteiger partial charge in [0.2, 0.25) is 0 Å². The van der Waals surface area contributed by atoms with E-state index in [9.17, 15) is 9.59 Å². The van der Waals surface area contributed by atoms with Crippen molar-refractivity contribution in [2.24, 2.45) is 5.10 Å². The Morgan fingerprint density at radius 1 is 0.923 bits per heavy atom. The maximum absolute atomic E-state index is 13.4. The zero-order valence-electron chi connectivity index (χ0n) is 21.4. The average molecular weight is 520 g/mol. The number of carbonyl (C=O) groups excluding carboxylic acids is 1. The minimum absolute atomic E-state index is 0.284. The van der Waals surface area contributed by atoms with E-state index in [1.165, 1.54) is 10.9 Å². The topological polar surface area (TPSA) is 92.0 Å². The second-order valence-electron chi connectivity index (χ2n) is 8.44. The molecule has 5 rings (SSSR count). The van der Waals surface area contributed by atoms with Crippen molar-refractivity contribution in [2.45, 2.75) is 6.92 Å². The van der Waals surface area contributed by atoms with Crippen molar-refractivity contribution in [1.29, 1.82) is 0 Å². The number of ether oxygens (including phenoxy) is 3. The summed E-state index contributed by atoms with van der Waals surface area (Å²) in [5.41, 5.74) is 2.04. The number of nitrogens with zero attached hydrogens (tertiary/aromatic N) is 3. The normalized spacial score (nSPS) is 11.0. The van der Waals surface area contributed by atoms with Crippen LogP contribution in [0.3, 0.4) is 0 Å². The van der Waals surface area contributed by atoms with Gasteiger partial charge in [0.25, 0.3) is 5.56 Å². The molecule has 0 atom stereocenters. The van der Waals surface area contributed by atoms with Gasteiger partial charge in [-0.25, -0.2) is 9.78 Å². The van der Waals surface area contributed by atoms with Gasteiger partial charge in [0, 0.05) is 5.56 Å². The Balaban J connectivity index is 1.52. The number of fused-ring (bicyclic) bond motifs is 1. The van der Waals surface area contributed by atoms with Crippen LogP contribution in [0.25, 0.3) is 22.3 Å². The van der Waals surface area contributed by atoms with E-state index in [1.54, 1.807) is 79.9 Å². The number of hydrogen-bond donors (Lipinski definition) is 0. The van der Waals surface area contributed by atoms with Crippen molar-refractivity contribution in [3.8, 4) is 28.6 Å². The average Bonchev–Trinajstić information content (AvgIpc) is 2.98. The number of carbonyl (C=O) groups is 1. The van der Waals surface area contributed by atoms with Crippen LogP contribution in [-0.2, 0) is 0 Å². The van der Waals surface area contributed by atoms with E-state index < -0.39 is 5.97 Å². The molecule has 4 aromatic carbocycles. The predicted molar refractivity (Wildman–Crippen MR) is 150 cm³/mol. The standard InChI is InChI=1S/C31H25N3O5/c1-3-38-28-19-21(13-18-27(28)39-31(36)23-9-5-4-6-10-23)20-32-34-29(22-14-16-24(37-2)17-15-22)33-26-12-8-7-11-25(26)30(34)35/h4-20H,3H2,1-2H3. The van der Waals surface area contributed by atoms with E-state index in [0.29, 0.717) is 51.5 Å². The lowest BCUT2D eigenvalue weighted by Gasteiger charge is -2.12. The second kappa shape index (κ2) is 11.4. The van der Waals surface area contributed by atoms with Crippen LogP contribution in [0.4, 0.5) is 0 Å². The fraction of sp³-hybridized carbons (Fsp3) is 0.0968. The SMILES string of the molecule is CCOc1cc(C=Nn2c(-c3ccc(OC)cc3)nc3ccccc3c2=O)ccc1OC(=O)c1ccccc1. The quantitative estimate of drug-likeness (QED) is 0.151. The second-order valence-corrected chi connectivity index (χ2v) is 8.44. The number of benzene rings is 4. The first-order valence-corrected chi connectivity index (χ1v) is 12.3. The maximum atomic E-state index is 13.4. The Kier molecular flexibility index (Phi) is 7.45. The summed E-state index contributed by atoms with van der Waals surface area (Å²) in [6, 6.07) is 28.2. The Bertz CT molecular complexity index is 1710. The molecule has 1 aromatic heterocycles. The van der Waals surface area contributed by atoms with E-state index >= 15 is 0 Å². The zero-order valence-corrected chi connectivity index (χ0v) is 21.4. The summed E-state index contributed by atoms with van der Waals surface area (Å²) < 4.78 is 17.8. The number of hydrogen-bond acceptors (Lipinski definition) is 7. The van der Waals surface area contributed by atoms with Crippen LogP contribution in [0.2, 0.25) is 0 Å². The first-order chi connectivity index (χ1) is 19.1. The van der Waals surface area contributed by atoms with Crippen LogP contribution in [0.5, 0.6) is 17.2 Å². The molecule has 0 bridgehead atoms. The Morgan fingerprint density at radius 3 is 2.41 bits per heavy atom. The summed E-state index contributed by atoms with van der Waals surface area (Å²) in [6.45, 7) is 2.21. The lowest BCUT2D eigenvalue weighted by Crippen LogP contribution is -2.20. The van der Waals surface area contributed by atoms with Gasteiger partial charge >= 0.3 is 5.97 Å². The van der Waals surface area contributed by atoms with Crippen molar-refractivity contribution >= 4 is 23.1 Å². The summed E-state index contributed by atoms with van der Waals surface area (Å²) in [7, 11) is 1.59. The molecular weight excluding hydrogens is 494 g/mol. The molecule has 0 aliphatic heterocycles. The first-order valence-electron chi connectivity index (χ1n) is 12.3. The number of methoxy groups -OCH3 is 1. The molecule has 0 N–H and O–H groups in total. The zero-order chi connectivity index (χ0) is 27.2. The number of para-hydroxylation sites is 1. The Labute approximate surface area is 224 Å². The molecule has 0 radical (unpaired) electrons. The molecule has 0 unspecified atom stereocenters. The third kappa shape index (κ3) is 5.55. The van der Waals surface area contributed by atoms with Crippen LogP contribution in [0.1, 0.15) is 22.8 Å². The molecule has 0 amide bonds. The lowest BCUT2D eigenvalue weighted by atomic mass is 10.2. The van der Waals surface area contributed by atoms with Gasteiger partial charge in [-0.1, -0.05) is 30.3 Å². The van der Waals surface area contributed by atoms with E-state index in [2.05, 4.69) is 5.10 Å². The molecule has 1 heterocycles. The molecule has 8 heteroatoms. The lowest BCUT2D eigenvalue weighted by molar-refractivity contribution is 0.0728. The summed E-state index contributed by atoms with van der Waals surface area (Å²) in [6.07, 6.45) is 1.54. The van der Waals surface area contributed by atoms with Crippen molar-refractivity contribution in [3.05, 3.63) is 119 Å². The number of rotatable bonds is 8. The van der Waals surface area contributed by atoms with Crippen molar-refractivity contribution in [2.75, 3.05) is 13.7 Å². The maximum Gasteiger partial charge on any atom is 0.343 e. The Hall–Kier alpha value is -5.24. The smallest absolute Gasteiger partial charge is 0.343 e. The van der Waals surface area contributed by atoms with Crippen LogP contribution in [0.15, 0.2) is 107 Å². The highest BCUT2D eigenvalue weighted by atomic mass is 16.6. The van der Waals surface area contributed by atoms with Gasteiger partial charge in [-0.3, -0.25) is 4.79 Å². The highest BCUT2D eigenvalue weighted by molar-refractivity contribution is 5.91.